The third-order valence-corrected chi connectivity index (χ3v) is 2.11. The average Bonchev–Trinajstić information content (AvgIpc) is 2.56. The van der Waals surface area contributed by atoms with Crippen molar-refractivity contribution in [2.24, 2.45) is 11.7 Å². The molecule has 1 heterocycles. The van der Waals surface area contributed by atoms with E-state index in [-0.39, 0.29) is 11.8 Å². The summed E-state index contributed by atoms with van der Waals surface area (Å²) in [5.41, 5.74) is 6.25. The molecule has 0 aliphatic carbocycles. The van der Waals surface area contributed by atoms with Gasteiger partial charge in [0, 0.05) is 13.1 Å². The average molecular weight is 193 g/mol. The van der Waals surface area contributed by atoms with Crippen LogP contribution in [0.3, 0.4) is 0 Å². The maximum Gasteiger partial charge on any atom is 0.126 e. The molecule has 0 fully saturated rings. The minimum atomic E-state index is -0.299. The largest absolute Gasteiger partial charge is 0.385 e. The van der Waals surface area contributed by atoms with Gasteiger partial charge in [-0.15, -0.1) is 0 Å². The van der Waals surface area contributed by atoms with Crippen molar-refractivity contribution >= 4 is 5.84 Å². The van der Waals surface area contributed by atoms with Crippen LogP contribution < -0.4 is 16.4 Å². The molecule has 1 aliphatic rings. The van der Waals surface area contributed by atoms with Crippen LogP contribution in [0.15, 0.2) is 11.4 Å². The number of nitrogens with one attached hydrogen (secondary N) is 3. The molecule has 5 N–H and O–H groups in total. The molecule has 0 amide bonds. The van der Waals surface area contributed by atoms with Gasteiger partial charge in [0.25, 0.3) is 0 Å². The molecule has 76 valence electrons. The Morgan fingerprint density at radius 1 is 1.86 bits per heavy atom. The highest BCUT2D eigenvalue weighted by Crippen LogP contribution is 2.17. The van der Waals surface area contributed by atoms with Crippen molar-refractivity contribution in [2.45, 2.75) is 13.3 Å². The number of rotatable bonds is 3. The van der Waals surface area contributed by atoms with E-state index in [4.69, 9.17) is 16.4 Å². The number of nitrogens with two attached hydrogens (primary N) is 1. The first-order valence-electron chi connectivity index (χ1n) is 4.66. The summed E-state index contributed by atoms with van der Waals surface area (Å²) in [6.45, 7) is 3.26. The Kier molecular flexibility index (Phi) is 3.35. The zero-order chi connectivity index (χ0) is 10.6. The zero-order valence-electron chi connectivity index (χ0n) is 8.22. The van der Waals surface area contributed by atoms with Gasteiger partial charge in [-0.05, 0) is 6.42 Å². The maximum atomic E-state index is 8.82. The van der Waals surface area contributed by atoms with Crippen LogP contribution in [0.25, 0.3) is 0 Å². The second kappa shape index (κ2) is 4.51. The lowest BCUT2D eigenvalue weighted by atomic mass is 10.0. The summed E-state index contributed by atoms with van der Waals surface area (Å²) in [6, 6.07) is 2.12. The maximum absolute atomic E-state index is 8.82. The third-order valence-electron chi connectivity index (χ3n) is 2.11. The fraction of sp³-hybridized carbons (Fsp3) is 0.556. The van der Waals surface area contributed by atoms with Crippen LogP contribution in [-0.4, -0.2) is 18.9 Å². The first-order valence-corrected chi connectivity index (χ1v) is 4.66. The fourth-order valence-corrected chi connectivity index (χ4v) is 1.36. The number of nitriles is 1. The predicted molar refractivity (Wildman–Crippen MR) is 54.3 cm³/mol. The van der Waals surface area contributed by atoms with Crippen molar-refractivity contribution in [3.8, 4) is 6.07 Å². The minimum absolute atomic E-state index is 0.265. The number of hydrogen-bond acceptors (Lipinski definition) is 4. The molecule has 1 unspecified atom stereocenters. The molecule has 0 radical (unpaired) electrons. The molecule has 0 spiro atoms. The quantitative estimate of drug-likeness (QED) is 0.371. The first kappa shape index (κ1) is 10.4. The lowest BCUT2D eigenvalue weighted by Crippen LogP contribution is -2.28. The molecule has 5 heteroatoms. The summed E-state index contributed by atoms with van der Waals surface area (Å²) in [4.78, 5) is 0. The number of amidine groups is 1. The molecule has 1 aliphatic heterocycles. The van der Waals surface area contributed by atoms with Crippen LogP contribution >= 0.6 is 0 Å². The van der Waals surface area contributed by atoms with Gasteiger partial charge in [-0.25, -0.2) is 0 Å². The van der Waals surface area contributed by atoms with Crippen LogP contribution in [0.2, 0.25) is 0 Å². The van der Waals surface area contributed by atoms with Crippen LogP contribution in [0.4, 0.5) is 0 Å². The molecule has 0 aromatic heterocycles. The van der Waals surface area contributed by atoms with Crippen molar-refractivity contribution in [2.75, 3.05) is 13.1 Å². The lowest BCUT2D eigenvalue weighted by Gasteiger charge is -2.09. The summed E-state index contributed by atoms with van der Waals surface area (Å²) in [7, 11) is 0. The molecule has 0 saturated carbocycles. The fourth-order valence-electron chi connectivity index (χ4n) is 1.36. The van der Waals surface area contributed by atoms with E-state index in [9.17, 15) is 0 Å². The number of hydrogen-bond donors (Lipinski definition) is 4. The smallest absolute Gasteiger partial charge is 0.126 e. The highest BCUT2D eigenvalue weighted by atomic mass is 15.0. The Hall–Kier alpha value is -1.70. The summed E-state index contributed by atoms with van der Waals surface area (Å²) in [5.74, 6) is 0.415. The van der Waals surface area contributed by atoms with Gasteiger partial charge >= 0.3 is 0 Å². The van der Waals surface area contributed by atoms with E-state index in [1.165, 1.54) is 0 Å². The monoisotopic (exact) mass is 193 g/mol. The second-order valence-electron chi connectivity index (χ2n) is 3.19. The highest BCUT2D eigenvalue weighted by molar-refractivity contribution is 5.97. The molecular weight excluding hydrogens is 178 g/mol. The molecule has 0 aromatic carbocycles. The molecule has 1 atom stereocenters. The SMILES string of the molecule is CCCNC(=N)C1=C(N)NCC1C#N. The van der Waals surface area contributed by atoms with Gasteiger partial charge in [-0.3, -0.25) is 5.41 Å². The van der Waals surface area contributed by atoms with Gasteiger partial charge in [0.15, 0.2) is 0 Å². The summed E-state index contributed by atoms with van der Waals surface area (Å²) in [5, 5.41) is 22.3. The van der Waals surface area contributed by atoms with E-state index in [0.29, 0.717) is 17.9 Å². The molecule has 0 bridgehead atoms. The second-order valence-corrected chi connectivity index (χ2v) is 3.19. The third kappa shape index (κ3) is 1.96. The molecular formula is C9H15N5. The Balaban J connectivity index is 2.70. The lowest BCUT2D eigenvalue weighted by molar-refractivity contribution is 0.765. The van der Waals surface area contributed by atoms with Crippen molar-refractivity contribution in [1.82, 2.24) is 10.6 Å². The topological polar surface area (TPSA) is 97.7 Å². The molecule has 14 heavy (non-hydrogen) atoms. The minimum Gasteiger partial charge on any atom is -0.385 e. The normalized spacial score (nSPS) is 20.1. The molecule has 5 nitrogen and oxygen atoms in total. The van der Waals surface area contributed by atoms with Crippen LogP contribution in [0.5, 0.6) is 0 Å². The zero-order valence-corrected chi connectivity index (χ0v) is 8.22. The van der Waals surface area contributed by atoms with E-state index in [0.717, 1.165) is 13.0 Å². The Bertz CT molecular complexity index is 299. The van der Waals surface area contributed by atoms with Crippen molar-refractivity contribution in [3.63, 3.8) is 0 Å². The van der Waals surface area contributed by atoms with Gasteiger partial charge in [0.05, 0.1) is 17.6 Å². The van der Waals surface area contributed by atoms with E-state index >= 15 is 0 Å². The molecule has 1 rings (SSSR count). The first-order chi connectivity index (χ1) is 6.70. The van der Waals surface area contributed by atoms with Crippen molar-refractivity contribution in [3.05, 3.63) is 11.4 Å². The molecule has 0 aromatic rings. The van der Waals surface area contributed by atoms with Gasteiger partial charge in [0.2, 0.25) is 0 Å². The van der Waals surface area contributed by atoms with Crippen LogP contribution in [0.1, 0.15) is 13.3 Å². The van der Waals surface area contributed by atoms with Crippen LogP contribution in [-0.2, 0) is 0 Å². The highest BCUT2D eigenvalue weighted by Gasteiger charge is 2.26. The standard InChI is InChI=1S/C9H15N5/c1-2-3-13-8(11)7-6(4-10)5-14-9(7)12/h6,14H,2-3,5,12H2,1H3,(H2,11,13). The summed E-state index contributed by atoms with van der Waals surface area (Å²) >= 11 is 0. The predicted octanol–water partition coefficient (Wildman–Crippen LogP) is -0.123. The number of nitrogens with zero attached hydrogens (tertiary/aromatic N) is 1. The van der Waals surface area contributed by atoms with Gasteiger partial charge in [0.1, 0.15) is 11.7 Å². The van der Waals surface area contributed by atoms with Crippen molar-refractivity contribution < 1.29 is 0 Å². The van der Waals surface area contributed by atoms with E-state index in [1.807, 2.05) is 6.92 Å². The van der Waals surface area contributed by atoms with E-state index < -0.39 is 0 Å². The van der Waals surface area contributed by atoms with Crippen LogP contribution in [0, 0.1) is 22.7 Å². The van der Waals surface area contributed by atoms with E-state index in [2.05, 4.69) is 16.7 Å². The summed E-state index contributed by atoms with van der Waals surface area (Å²) < 4.78 is 0. The Morgan fingerprint density at radius 3 is 3.14 bits per heavy atom. The summed E-state index contributed by atoms with van der Waals surface area (Å²) in [6.07, 6.45) is 0.945. The van der Waals surface area contributed by atoms with Gasteiger partial charge in [-0.1, -0.05) is 6.92 Å². The van der Waals surface area contributed by atoms with Crippen molar-refractivity contribution in [1.29, 1.82) is 10.7 Å². The Labute approximate surface area is 83.5 Å². The molecule has 0 saturated heterocycles. The van der Waals surface area contributed by atoms with Gasteiger partial charge in [-0.2, -0.15) is 5.26 Å². The van der Waals surface area contributed by atoms with E-state index in [1.54, 1.807) is 0 Å². The van der Waals surface area contributed by atoms with Gasteiger partial charge < -0.3 is 16.4 Å². The Morgan fingerprint density at radius 2 is 2.57 bits per heavy atom.